The molecule has 2 aromatic rings. The van der Waals surface area contributed by atoms with Crippen molar-refractivity contribution in [2.24, 2.45) is 0 Å². The third-order valence-electron chi connectivity index (χ3n) is 5.68. The van der Waals surface area contributed by atoms with Gasteiger partial charge >= 0.3 is 191 Å². The SMILES string of the molecule is CCCCn1c([AsH2])c(C(=S)NCc2ccc(OC)cc2)c(=O)n(C2CCCC2)c1=O. The molecule has 0 spiro atoms. The summed E-state index contributed by atoms with van der Waals surface area (Å²) in [5.41, 5.74) is 1.09. The van der Waals surface area contributed by atoms with E-state index in [4.69, 9.17) is 17.0 Å². The normalized spacial score (nSPS) is 14.1. The molecule has 30 heavy (non-hydrogen) atoms. The summed E-state index contributed by atoms with van der Waals surface area (Å²) in [7, 11) is 1.63. The first-order valence-corrected chi connectivity index (χ1v) is 12.2. The molecule has 0 amide bonds. The van der Waals surface area contributed by atoms with E-state index in [0.717, 1.165) is 49.8 Å². The average molecular weight is 491 g/mol. The van der Waals surface area contributed by atoms with Crippen molar-refractivity contribution in [1.82, 2.24) is 14.5 Å². The van der Waals surface area contributed by atoms with Crippen molar-refractivity contribution in [3.63, 3.8) is 0 Å². The first-order chi connectivity index (χ1) is 14.5. The van der Waals surface area contributed by atoms with Crippen LogP contribution in [0.4, 0.5) is 0 Å². The number of hydrogen-bond acceptors (Lipinski definition) is 4. The monoisotopic (exact) mass is 491 g/mol. The zero-order valence-corrected chi connectivity index (χ0v) is 20.9. The van der Waals surface area contributed by atoms with E-state index in [0.29, 0.717) is 28.1 Å². The maximum atomic E-state index is 13.4. The average Bonchev–Trinajstić information content (AvgIpc) is 3.27. The van der Waals surface area contributed by atoms with Crippen molar-refractivity contribution in [3.05, 3.63) is 56.2 Å². The molecule has 162 valence electrons. The predicted molar refractivity (Wildman–Crippen MR) is 127 cm³/mol. The number of nitrogens with one attached hydrogen (secondary N) is 1. The topological polar surface area (TPSA) is 65.3 Å². The number of ether oxygens (including phenoxy) is 1. The number of thiocarbonyl (C=S) groups is 1. The van der Waals surface area contributed by atoms with Crippen LogP contribution in [0.3, 0.4) is 0 Å². The number of aromatic nitrogens is 2. The molecule has 1 heterocycles. The Hall–Kier alpha value is -1.85. The van der Waals surface area contributed by atoms with Gasteiger partial charge in [0.05, 0.1) is 0 Å². The molecule has 3 rings (SSSR count). The van der Waals surface area contributed by atoms with Gasteiger partial charge in [-0.2, -0.15) is 0 Å². The van der Waals surface area contributed by atoms with Crippen LogP contribution < -0.4 is 25.8 Å². The Balaban J connectivity index is 1.94. The molecule has 1 N–H and O–H groups in total. The van der Waals surface area contributed by atoms with Crippen molar-refractivity contribution >= 4 is 38.5 Å². The van der Waals surface area contributed by atoms with Crippen molar-refractivity contribution in [2.75, 3.05) is 7.11 Å². The zero-order chi connectivity index (χ0) is 21.7. The van der Waals surface area contributed by atoms with Gasteiger partial charge in [-0.05, 0) is 0 Å². The summed E-state index contributed by atoms with van der Waals surface area (Å²) >= 11 is 6.91. The van der Waals surface area contributed by atoms with E-state index in [1.54, 1.807) is 11.7 Å². The molecule has 1 atom stereocenters. The predicted octanol–water partition coefficient (Wildman–Crippen LogP) is 1.66. The van der Waals surface area contributed by atoms with Crippen LogP contribution in [0, 0.1) is 0 Å². The van der Waals surface area contributed by atoms with Crippen LogP contribution in [-0.2, 0) is 13.1 Å². The van der Waals surface area contributed by atoms with Gasteiger partial charge in [0.2, 0.25) is 0 Å². The van der Waals surface area contributed by atoms with Crippen molar-refractivity contribution < 1.29 is 4.74 Å². The molecule has 0 saturated heterocycles. The number of rotatable bonds is 8. The number of methoxy groups -OCH3 is 1. The summed E-state index contributed by atoms with van der Waals surface area (Å²) in [6.45, 7) is 3.22. The molecule has 1 aliphatic rings. The Bertz CT molecular complexity index is 1010. The van der Waals surface area contributed by atoms with Crippen molar-refractivity contribution in [1.29, 1.82) is 0 Å². The fraction of sp³-hybridized carbons (Fsp3) is 0.500. The minimum atomic E-state index is -0.244. The standard InChI is InChI=1S/C22H30AsN3O3S/c1-3-4-13-25-19(23)18(21(27)26(22(25)28)16-7-5-6-8-16)20(30)24-14-15-9-11-17(29-2)12-10-15/h9-12,16H,3-8,13-14,23H2,1-2H3,(H,24,30). The van der Waals surface area contributed by atoms with Crippen LogP contribution >= 0.6 is 12.2 Å². The Morgan fingerprint density at radius 3 is 2.50 bits per heavy atom. The van der Waals surface area contributed by atoms with Gasteiger partial charge in [0, 0.05) is 0 Å². The Morgan fingerprint density at radius 1 is 1.23 bits per heavy atom. The van der Waals surface area contributed by atoms with Gasteiger partial charge in [-0.3, -0.25) is 0 Å². The van der Waals surface area contributed by atoms with E-state index in [1.165, 1.54) is 21.4 Å². The summed E-state index contributed by atoms with van der Waals surface area (Å²) in [5, 5.41) is 3.23. The van der Waals surface area contributed by atoms with Gasteiger partial charge in [0.25, 0.3) is 0 Å². The van der Waals surface area contributed by atoms with Gasteiger partial charge in [-0.1, -0.05) is 0 Å². The Kier molecular flexibility index (Phi) is 7.95. The molecule has 1 aromatic carbocycles. The van der Waals surface area contributed by atoms with E-state index in [2.05, 4.69) is 12.2 Å². The van der Waals surface area contributed by atoms with E-state index < -0.39 is 0 Å². The minimum absolute atomic E-state index is 0.0193. The number of nitrogens with zero attached hydrogens (tertiary/aromatic N) is 2. The van der Waals surface area contributed by atoms with Crippen LogP contribution in [0.5, 0.6) is 5.75 Å². The number of hydrogen-bond donors (Lipinski definition) is 1. The molecule has 1 fully saturated rings. The summed E-state index contributed by atoms with van der Waals surface area (Å²) < 4.78 is 9.15. The van der Waals surface area contributed by atoms with Gasteiger partial charge in [-0.15, -0.1) is 0 Å². The zero-order valence-electron chi connectivity index (χ0n) is 17.6. The third kappa shape index (κ3) is 4.89. The second-order valence-corrected chi connectivity index (χ2v) is 9.25. The van der Waals surface area contributed by atoms with Gasteiger partial charge in [0.15, 0.2) is 0 Å². The fourth-order valence-electron chi connectivity index (χ4n) is 3.93. The van der Waals surface area contributed by atoms with Crippen molar-refractivity contribution in [2.45, 2.75) is 64.6 Å². The van der Waals surface area contributed by atoms with E-state index >= 15 is 0 Å². The number of benzene rings is 1. The summed E-state index contributed by atoms with van der Waals surface area (Å²) in [4.78, 5) is 27.0. The van der Waals surface area contributed by atoms with E-state index in [-0.39, 0.29) is 17.3 Å². The van der Waals surface area contributed by atoms with Gasteiger partial charge in [-0.25, -0.2) is 0 Å². The molecule has 0 bridgehead atoms. The molecule has 6 nitrogen and oxygen atoms in total. The molecular formula is C22H30AsN3O3S. The van der Waals surface area contributed by atoms with Gasteiger partial charge in [0.1, 0.15) is 0 Å². The van der Waals surface area contributed by atoms with Crippen LogP contribution in [0.1, 0.15) is 62.6 Å². The molecule has 0 radical (unpaired) electrons. The summed E-state index contributed by atoms with van der Waals surface area (Å²) in [5.74, 6) is 0.794. The molecule has 8 heteroatoms. The first-order valence-electron chi connectivity index (χ1n) is 10.5. The molecule has 1 unspecified atom stereocenters. The van der Waals surface area contributed by atoms with Gasteiger partial charge < -0.3 is 0 Å². The fourth-order valence-corrected chi connectivity index (χ4v) is 5.48. The van der Waals surface area contributed by atoms with Crippen molar-refractivity contribution in [3.8, 4) is 5.75 Å². The third-order valence-corrected chi connectivity index (χ3v) is 7.29. The summed E-state index contributed by atoms with van der Waals surface area (Å²) in [6.07, 6.45) is 5.74. The van der Waals surface area contributed by atoms with Crippen LogP contribution in [-0.4, -0.2) is 38.1 Å². The Labute approximate surface area is 191 Å². The van der Waals surface area contributed by atoms with Crippen LogP contribution in [0.2, 0.25) is 0 Å². The molecular weight excluding hydrogens is 461 g/mol. The van der Waals surface area contributed by atoms with E-state index in [9.17, 15) is 9.59 Å². The van der Waals surface area contributed by atoms with Crippen LogP contribution in [0.15, 0.2) is 33.9 Å². The molecule has 1 aliphatic carbocycles. The summed E-state index contributed by atoms with van der Waals surface area (Å²) in [6, 6.07) is 7.70. The van der Waals surface area contributed by atoms with Crippen LogP contribution in [0.25, 0.3) is 0 Å². The second-order valence-electron chi connectivity index (χ2n) is 7.69. The molecule has 1 aromatic heterocycles. The first kappa shape index (κ1) is 22.8. The second kappa shape index (κ2) is 10.4. The molecule has 1 saturated carbocycles. The van der Waals surface area contributed by atoms with E-state index in [1.807, 2.05) is 24.3 Å². The molecule has 0 aliphatic heterocycles. The Morgan fingerprint density at radius 2 is 1.90 bits per heavy atom. The quantitative estimate of drug-likeness (QED) is 0.450. The number of unbranched alkanes of at least 4 members (excludes halogenated alkanes) is 1. The maximum absolute atomic E-state index is 13.4.